The maximum Gasteiger partial charge on any atom is 0.335 e. The summed E-state index contributed by atoms with van der Waals surface area (Å²) in [5.74, 6) is -1.11. The third-order valence-corrected chi connectivity index (χ3v) is 4.91. The van der Waals surface area contributed by atoms with Crippen LogP contribution in [-0.2, 0) is 9.59 Å². The molecule has 3 rings (SSSR count). The van der Waals surface area contributed by atoms with E-state index in [0.717, 1.165) is 4.90 Å². The minimum atomic E-state index is -0.839. The van der Waals surface area contributed by atoms with Gasteiger partial charge in [-0.3, -0.25) is 14.9 Å². The number of ether oxygens (including phenoxy) is 1. The third-order valence-electron chi connectivity index (χ3n) is 4.21. The lowest BCUT2D eigenvalue weighted by atomic mass is 10.1. The smallest absolute Gasteiger partial charge is 0.335 e. The fraction of sp³-hybridized carbons (Fsp3) is 0.0952. The average Bonchev–Trinajstić information content (AvgIpc) is 2.67. The fourth-order valence-electron chi connectivity index (χ4n) is 2.75. The predicted molar refractivity (Wildman–Crippen MR) is 112 cm³/mol. The van der Waals surface area contributed by atoms with Crippen molar-refractivity contribution in [1.82, 2.24) is 5.32 Å². The van der Waals surface area contributed by atoms with Crippen molar-refractivity contribution in [1.29, 1.82) is 0 Å². The van der Waals surface area contributed by atoms with Gasteiger partial charge in [0.05, 0.1) is 10.7 Å². The standard InChI is InChI=1S/C21H16Cl2N2O4/c1-3-9-29-18-8-7-13(11-16(18)23)10-14-19(26)24-21(28)25(20(14)27)17-6-4-5-15(22)12(17)2/h3-8,10-11H,1,9H2,2H3,(H,24,26,28)/b14-10+. The summed E-state index contributed by atoms with van der Waals surface area (Å²) in [6, 6.07) is 8.82. The van der Waals surface area contributed by atoms with Crippen LogP contribution in [0.1, 0.15) is 11.1 Å². The van der Waals surface area contributed by atoms with E-state index >= 15 is 0 Å². The average molecular weight is 431 g/mol. The summed E-state index contributed by atoms with van der Waals surface area (Å²) >= 11 is 12.3. The second kappa shape index (κ2) is 8.51. The number of nitrogens with zero attached hydrogens (tertiary/aromatic N) is 1. The van der Waals surface area contributed by atoms with Crippen molar-refractivity contribution < 1.29 is 19.1 Å². The van der Waals surface area contributed by atoms with E-state index in [1.54, 1.807) is 49.4 Å². The second-order valence-electron chi connectivity index (χ2n) is 6.13. The first-order chi connectivity index (χ1) is 13.8. The maximum atomic E-state index is 13.0. The van der Waals surface area contributed by atoms with Crippen LogP contribution in [0, 0.1) is 6.92 Å². The molecule has 0 spiro atoms. The Morgan fingerprint density at radius 1 is 1.14 bits per heavy atom. The number of barbiturate groups is 1. The minimum absolute atomic E-state index is 0.209. The number of imide groups is 2. The number of hydrogen-bond donors (Lipinski definition) is 1. The Labute approximate surface area is 177 Å². The molecule has 4 amide bonds. The molecule has 0 aromatic heterocycles. The number of carbonyl (C=O) groups excluding carboxylic acids is 3. The van der Waals surface area contributed by atoms with Gasteiger partial charge >= 0.3 is 6.03 Å². The molecule has 1 heterocycles. The van der Waals surface area contributed by atoms with E-state index in [1.165, 1.54) is 6.08 Å². The molecule has 1 aliphatic rings. The highest BCUT2D eigenvalue weighted by Gasteiger charge is 2.37. The Bertz CT molecular complexity index is 1060. The van der Waals surface area contributed by atoms with Crippen molar-refractivity contribution in [3.05, 3.63) is 75.8 Å². The van der Waals surface area contributed by atoms with E-state index in [-0.39, 0.29) is 12.2 Å². The van der Waals surface area contributed by atoms with E-state index in [9.17, 15) is 14.4 Å². The Kier molecular flexibility index (Phi) is 6.06. The summed E-state index contributed by atoms with van der Waals surface area (Å²) in [6.07, 6.45) is 2.95. The van der Waals surface area contributed by atoms with E-state index in [0.29, 0.717) is 32.6 Å². The molecule has 2 aromatic rings. The lowest BCUT2D eigenvalue weighted by molar-refractivity contribution is -0.122. The number of nitrogens with one attached hydrogen (secondary N) is 1. The first-order valence-electron chi connectivity index (χ1n) is 8.53. The quantitative estimate of drug-likeness (QED) is 0.429. The zero-order valence-corrected chi connectivity index (χ0v) is 16.9. The van der Waals surface area contributed by atoms with Crippen LogP contribution in [0.3, 0.4) is 0 Å². The van der Waals surface area contributed by atoms with Gasteiger partial charge < -0.3 is 4.74 Å². The number of carbonyl (C=O) groups is 3. The van der Waals surface area contributed by atoms with Gasteiger partial charge in [0, 0.05) is 5.02 Å². The van der Waals surface area contributed by atoms with Crippen LogP contribution in [0.2, 0.25) is 10.0 Å². The summed E-state index contributed by atoms with van der Waals surface area (Å²) in [6.45, 7) is 5.54. The molecule has 0 radical (unpaired) electrons. The van der Waals surface area contributed by atoms with Crippen LogP contribution < -0.4 is 15.0 Å². The molecule has 6 nitrogen and oxygen atoms in total. The van der Waals surface area contributed by atoms with E-state index in [4.69, 9.17) is 27.9 Å². The van der Waals surface area contributed by atoms with E-state index in [2.05, 4.69) is 11.9 Å². The molecule has 0 aliphatic carbocycles. The van der Waals surface area contributed by atoms with E-state index < -0.39 is 17.8 Å². The number of benzene rings is 2. The van der Waals surface area contributed by atoms with Gasteiger partial charge in [0.15, 0.2) is 0 Å². The van der Waals surface area contributed by atoms with Crippen molar-refractivity contribution in [3.63, 3.8) is 0 Å². The number of anilines is 1. The molecule has 1 saturated heterocycles. The summed E-state index contributed by atoms with van der Waals surface area (Å²) in [5.41, 5.74) is 1.12. The van der Waals surface area contributed by atoms with Gasteiger partial charge in [0.2, 0.25) is 0 Å². The van der Waals surface area contributed by atoms with Crippen LogP contribution in [0.25, 0.3) is 6.08 Å². The summed E-state index contributed by atoms with van der Waals surface area (Å²) in [7, 11) is 0. The lowest BCUT2D eigenvalue weighted by Gasteiger charge is -2.27. The summed E-state index contributed by atoms with van der Waals surface area (Å²) in [5, 5.41) is 2.88. The molecule has 1 aliphatic heterocycles. The van der Waals surface area contributed by atoms with Crippen molar-refractivity contribution in [2.24, 2.45) is 0 Å². The van der Waals surface area contributed by atoms with Gasteiger partial charge in [-0.2, -0.15) is 0 Å². The van der Waals surface area contributed by atoms with Crippen molar-refractivity contribution in [2.45, 2.75) is 6.92 Å². The first-order valence-corrected chi connectivity index (χ1v) is 9.29. The monoisotopic (exact) mass is 430 g/mol. The molecule has 8 heteroatoms. The van der Waals surface area contributed by atoms with Crippen LogP contribution in [0.4, 0.5) is 10.5 Å². The molecule has 0 bridgehead atoms. The van der Waals surface area contributed by atoms with Crippen LogP contribution in [-0.4, -0.2) is 24.5 Å². The predicted octanol–water partition coefficient (Wildman–Crippen LogP) is 4.53. The normalized spacial score (nSPS) is 15.5. The first kappa shape index (κ1) is 20.6. The molecule has 0 unspecified atom stereocenters. The zero-order valence-electron chi connectivity index (χ0n) is 15.4. The largest absolute Gasteiger partial charge is 0.488 e. The zero-order chi connectivity index (χ0) is 21.1. The fourth-order valence-corrected chi connectivity index (χ4v) is 3.17. The van der Waals surface area contributed by atoms with Crippen molar-refractivity contribution in [2.75, 3.05) is 11.5 Å². The molecule has 29 heavy (non-hydrogen) atoms. The lowest BCUT2D eigenvalue weighted by Crippen LogP contribution is -2.54. The topological polar surface area (TPSA) is 75.7 Å². The van der Waals surface area contributed by atoms with Gasteiger partial charge in [-0.05, 0) is 48.4 Å². The molecule has 0 saturated carbocycles. The van der Waals surface area contributed by atoms with Crippen molar-refractivity contribution in [3.8, 4) is 5.75 Å². The highest BCUT2D eigenvalue weighted by Crippen LogP contribution is 2.30. The number of halogens is 2. The molecule has 1 fully saturated rings. The number of urea groups is 1. The van der Waals surface area contributed by atoms with Gasteiger partial charge in [-0.1, -0.05) is 48.0 Å². The second-order valence-corrected chi connectivity index (χ2v) is 6.95. The Balaban J connectivity index is 1.98. The van der Waals surface area contributed by atoms with Crippen LogP contribution in [0.5, 0.6) is 5.75 Å². The maximum absolute atomic E-state index is 13.0. The van der Waals surface area contributed by atoms with Gasteiger partial charge in [0.1, 0.15) is 17.9 Å². The Hall–Kier alpha value is -3.09. The Morgan fingerprint density at radius 2 is 1.90 bits per heavy atom. The van der Waals surface area contributed by atoms with Crippen LogP contribution >= 0.6 is 23.2 Å². The molecule has 148 valence electrons. The van der Waals surface area contributed by atoms with Gasteiger partial charge in [-0.15, -0.1) is 0 Å². The van der Waals surface area contributed by atoms with Gasteiger partial charge in [0.25, 0.3) is 11.8 Å². The highest BCUT2D eigenvalue weighted by molar-refractivity contribution is 6.40. The third kappa shape index (κ3) is 4.18. The SMILES string of the molecule is C=CCOc1ccc(/C=C2\C(=O)NC(=O)N(c3cccc(Cl)c3C)C2=O)cc1Cl. The number of rotatable bonds is 5. The summed E-state index contributed by atoms with van der Waals surface area (Å²) in [4.78, 5) is 38.5. The number of amides is 4. The molecule has 2 aromatic carbocycles. The minimum Gasteiger partial charge on any atom is -0.488 e. The molecule has 0 atom stereocenters. The van der Waals surface area contributed by atoms with Gasteiger partial charge in [-0.25, -0.2) is 9.69 Å². The van der Waals surface area contributed by atoms with Crippen molar-refractivity contribution >= 4 is 52.8 Å². The molecule has 1 N–H and O–H groups in total. The number of hydrogen-bond acceptors (Lipinski definition) is 4. The molecular formula is C21H16Cl2N2O4. The van der Waals surface area contributed by atoms with E-state index in [1.807, 2.05) is 0 Å². The summed E-state index contributed by atoms with van der Waals surface area (Å²) < 4.78 is 5.40. The van der Waals surface area contributed by atoms with Crippen LogP contribution in [0.15, 0.2) is 54.6 Å². The molecular weight excluding hydrogens is 415 g/mol. The highest BCUT2D eigenvalue weighted by atomic mass is 35.5. The Morgan fingerprint density at radius 3 is 2.59 bits per heavy atom.